The number of halogens is 1. The van der Waals surface area contributed by atoms with Crippen molar-refractivity contribution in [3.05, 3.63) is 34.9 Å². The van der Waals surface area contributed by atoms with Gasteiger partial charge in [-0.1, -0.05) is 17.7 Å². The van der Waals surface area contributed by atoms with Crippen LogP contribution in [0.2, 0.25) is 5.02 Å². The standard InChI is InChI=1S/C13H18ClNO3S/c1-9(10(2)19(4,17)18)15(3)13(16)11-6-5-7-12(14)8-11/h5-10H,1-4H3. The first kappa shape index (κ1) is 16.0. The number of sulfone groups is 1. The van der Waals surface area contributed by atoms with E-state index in [-0.39, 0.29) is 5.91 Å². The van der Waals surface area contributed by atoms with Gasteiger partial charge in [-0.2, -0.15) is 0 Å². The first-order chi connectivity index (χ1) is 8.64. The predicted octanol–water partition coefficient (Wildman–Crippen LogP) is 2.23. The highest BCUT2D eigenvalue weighted by Crippen LogP contribution is 2.16. The molecule has 19 heavy (non-hydrogen) atoms. The summed E-state index contributed by atoms with van der Waals surface area (Å²) in [5, 5.41) is -0.149. The molecule has 0 aliphatic carbocycles. The molecule has 0 bridgehead atoms. The molecule has 1 amide bonds. The van der Waals surface area contributed by atoms with E-state index in [1.165, 1.54) is 11.2 Å². The van der Waals surface area contributed by atoms with Crippen molar-refractivity contribution in [3.8, 4) is 0 Å². The average Bonchev–Trinajstić information content (AvgIpc) is 2.34. The number of rotatable bonds is 4. The molecule has 106 valence electrons. The Hall–Kier alpha value is -1.07. The van der Waals surface area contributed by atoms with E-state index < -0.39 is 21.1 Å². The van der Waals surface area contributed by atoms with Gasteiger partial charge in [0.1, 0.15) is 0 Å². The van der Waals surface area contributed by atoms with Crippen molar-refractivity contribution < 1.29 is 13.2 Å². The number of hydrogen-bond acceptors (Lipinski definition) is 3. The third-order valence-electron chi connectivity index (χ3n) is 3.36. The van der Waals surface area contributed by atoms with Crippen molar-refractivity contribution in [3.63, 3.8) is 0 Å². The third-order valence-corrected chi connectivity index (χ3v) is 5.34. The fraction of sp³-hybridized carbons (Fsp3) is 0.462. The highest BCUT2D eigenvalue weighted by Gasteiger charge is 2.28. The van der Waals surface area contributed by atoms with Crippen LogP contribution in [0.1, 0.15) is 24.2 Å². The summed E-state index contributed by atoms with van der Waals surface area (Å²) in [6.45, 7) is 3.32. The van der Waals surface area contributed by atoms with Gasteiger partial charge in [0.25, 0.3) is 5.91 Å². The second kappa shape index (κ2) is 5.92. The van der Waals surface area contributed by atoms with Crippen molar-refractivity contribution in [1.82, 2.24) is 4.90 Å². The molecular weight excluding hydrogens is 286 g/mol. The van der Waals surface area contributed by atoms with Gasteiger partial charge in [0.05, 0.1) is 5.25 Å². The van der Waals surface area contributed by atoms with E-state index in [1.807, 2.05) is 0 Å². The molecule has 0 saturated carbocycles. The van der Waals surface area contributed by atoms with Gasteiger partial charge in [0.15, 0.2) is 9.84 Å². The average molecular weight is 304 g/mol. The number of benzene rings is 1. The third kappa shape index (κ3) is 3.94. The Kier molecular flexibility index (Phi) is 4.98. The smallest absolute Gasteiger partial charge is 0.253 e. The Labute approximate surface area is 119 Å². The monoisotopic (exact) mass is 303 g/mol. The molecule has 6 heteroatoms. The molecule has 0 aliphatic rings. The van der Waals surface area contributed by atoms with Gasteiger partial charge >= 0.3 is 0 Å². The Morgan fingerprint density at radius 2 is 1.89 bits per heavy atom. The summed E-state index contributed by atoms with van der Waals surface area (Å²) in [6.07, 6.45) is 1.17. The van der Waals surface area contributed by atoms with Crippen molar-refractivity contribution in [2.45, 2.75) is 25.1 Å². The normalized spacial score (nSPS) is 14.8. The van der Waals surface area contributed by atoms with Crippen LogP contribution in [0.15, 0.2) is 24.3 Å². The molecule has 1 aromatic carbocycles. The Morgan fingerprint density at radius 1 is 1.32 bits per heavy atom. The molecule has 2 unspecified atom stereocenters. The van der Waals surface area contributed by atoms with E-state index in [4.69, 9.17) is 11.6 Å². The lowest BCUT2D eigenvalue weighted by molar-refractivity contribution is 0.0743. The van der Waals surface area contributed by atoms with Crippen molar-refractivity contribution in [2.75, 3.05) is 13.3 Å². The zero-order valence-electron chi connectivity index (χ0n) is 11.4. The van der Waals surface area contributed by atoms with Crippen LogP contribution in [0.5, 0.6) is 0 Å². The quantitative estimate of drug-likeness (QED) is 0.857. The van der Waals surface area contributed by atoms with Gasteiger partial charge < -0.3 is 4.90 Å². The van der Waals surface area contributed by atoms with E-state index in [0.29, 0.717) is 10.6 Å². The van der Waals surface area contributed by atoms with Crippen molar-refractivity contribution in [2.24, 2.45) is 0 Å². The topological polar surface area (TPSA) is 54.5 Å². The minimum atomic E-state index is -3.19. The van der Waals surface area contributed by atoms with E-state index in [0.717, 1.165) is 0 Å². The molecule has 0 fully saturated rings. The highest BCUT2D eigenvalue weighted by molar-refractivity contribution is 7.91. The predicted molar refractivity (Wildman–Crippen MR) is 77.3 cm³/mol. The minimum absolute atomic E-state index is 0.245. The molecule has 0 aliphatic heterocycles. The molecule has 2 atom stereocenters. The van der Waals surface area contributed by atoms with Crippen LogP contribution < -0.4 is 0 Å². The maximum Gasteiger partial charge on any atom is 0.253 e. The lowest BCUT2D eigenvalue weighted by Gasteiger charge is -2.29. The summed E-state index contributed by atoms with van der Waals surface area (Å²) in [6, 6.07) is 6.18. The Bertz CT molecular complexity index is 571. The summed E-state index contributed by atoms with van der Waals surface area (Å²) in [7, 11) is -1.60. The molecule has 0 spiro atoms. The first-order valence-electron chi connectivity index (χ1n) is 5.86. The largest absolute Gasteiger partial charge is 0.338 e. The lowest BCUT2D eigenvalue weighted by atomic mass is 10.1. The molecule has 0 aromatic heterocycles. The summed E-state index contributed by atoms with van der Waals surface area (Å²) >= 11 is 5.84. The lowest BCUT2D eigenvalue weighted by Crippen LogP contribution is -2.44. The maximum absolute atomic E-state index is 12.2. The number of amides is 1. The SMILES string of the molecule is CC(C(C)S(C)(=O)=O)N(C)C(=O)c1cccc(Cl)c1. The fourth-order valence-corrected chi connectivity index (χ4v) is 2.77. The van der Waals surface area contributed by atoms with Gasteiger partial charge in [-0.15, -0.1) is 0 Å². The van der Waals surface area contributed by atoms with Gasteiger partial charge in [-0.05, 0) is 32.0 Å². The molecule has 1 aromatic rings. The van der Waals surface area contributed by atoms with Crippen LogP contribution in [-0.4, -0.2) is 43.8 Å². The van der Waals surface area contributed by atoms with E-state index >= 15 is 0 Å². The number of carbonyl (C=O) groups excluding carboxylic acids is 1. The Balaban J connectivity index is 2.94. The van der Waals surface area contributed by atoms with Crippen LogP contribution >= 0.6 is 11.6 Å². The summed E-state index contributed by atoms with van der Waals surface area (Å²) in [5.41, 5.74) is 0.447. The molecule has 0 radical (unpaired) electrons. The Morgan fingerprint density at radius 3 is 2.37 bits per heavy atom. The second-order valence-electron chi connectivity index (χ2n) is 4.70. The van der Waals surface area contributed by atoms with E-state index in [2.05, 4.69) is 0 Å². The van der Waals surface area contributed by atoms with Crippen molar-refractivity contribution >= 4 is 27.3 Å². The summed E-state index contributed by atoms with van der Waals surface area (Å²) < 4.78 is 23.1. The van der Waals surface area contributed by atoms with Crippen LogP contribution in [0.4, 0.5) is 0 Å². The molecule has 0 N–H and O–H groups in total. The van der Waals surface area contributed by atoms with Crippen LogP contribution in [0, 0.1) is 0 Å². The number of nitrogens with zero attached hydrogens (tertiary/aromatic N) is 1. The van der Waals surface area contributed by atoms with Gasteiger partial charge in [0.2, 0.25) is 0 Å². The van der Waals surface area contributed by atoms with Gasteiger partial charge in [-0.3, -0.25) is 4.79 Å². The summed E-state index contributed by atoms with van der Waals surface area (Å²) in [5.74, 6) is -0.245. The second-order valence-corrected chi connectivity index (χ2v) is 7.54. The van der Waals surface area contributed by atoms with Gasteiger partial charge in [-0.25, -0.2) is 8.42 Å². The zero-order chi connectivity index (χ0) is 14.8. The minimum Gasteiger partial charge on any atom is -0.338 e. The zero-order valence-corrected chi connectivity index (χ0v) is 13.0. The molecule has 0 saturated heterocycles. The first-order valence-corrected chi connectivity index (χ1v) is 8.19. The van der Waals surface area contributed by atoms with Crippen LogP contribution in [0.3, 0.4) is 0 Å². The molecular formula is C13H18ClNO3S. The van der Waals surface area contributed by atoms with Crippen molar-refractivity contribution in [1.29, 1.82) is 0 Å². The molecule has 1 rings (SSSR count). The molecule has 0 heterocycles. The van der Waals surface area contributed by atoms with E-state index in [9.17, 15) is 13.2 Å². The van der Waals surface area contributed by atoms with Gasteiger partial charge in [0, 0.05) is 29.9 Å². The van der Waals surface area contributed by atoms with Crippen LogP contribution in [0.25, 0.3) is 0 Å². The van der Waals surface area contributed by atoms with E-state index in [1.54, 1.807) is 45.2 Å². The summed E-state index contributed by atoms with van der Waals surface area (Å²) in [4.78, 5) is 13.7. The number of hydrogen-bond donors (Lipinski definition) is 0. The number of carbonyl (C=O) groups is 1. The fourth-order valence-electron chi connectivity index (χ4n) is 1.68. The van der Waals surface area contributed by atoms with Crippen LogP contribution in [-0.2, 0) is 9.84 Å². The highest BCUT2D eigenvalue weighted by atomic mass is 35.5. The maximum atomic E-state index is 12.2. The molecule has 4 nitrogen and oxygen atoms in total.